The maximum atomic E-state index is 11.6. The fraction of sp³-hybridized carbons (Fsp3) is 0.438. The summed E-state index contributed by atoms with van der Waals surface area (Å²) in [5.41, 5.74) is 7.59. The lowest BCUT2D eigenvalue weighted by Gasteiger charge is -2.28. The Hall–Kier alpha value is -2.65. The minimum Gasteiger partial charge on any atom is -0.480 e. The molecule has 1 aliphatic heterocycles. The number of carboxylic acid groups (broad SMARTS) is 1. The van der Waals surface area contributed by atoms with Gasteiger partial charge in [-0.15, -0.1) is 0 Å². The molecule has 134 valence electrons. The number of morpholine rings is 1. The topological polar surface area (TPSA) is 124 Å². The Kier molecular flexibility index (Phi) is 4.60. The molecule has 1 aromatic carbocycles. The molecule has 2 aromatic rings. The fourth-order valence-corrected chi connectivity index (χ4v) is 3.20. The van der Waals surface area contributed by atoms with Crippen molar-refractivity contribution in [2.24, 2.45) is 12.8 Å². The number of aryl methyl sites for hydroxylation is 1. The van der Waals surface area contributed by atoms with Crippen molar-refractivity contribution in [1.82, 2.24) is 4.57 Å². The largest absolute Gasteiger partial charge is 0.480 e. The Balaban J connectivity index is 2.12. The minimum absolute atomic E-state index is 0.0322. The molecule has 9 nitrogen and oxygen atoms in total. The number of nitrogens with zero attached hydrogens (tertiary/aromatic N) is 3. The zero-order valence-corrected chi connectivity index (χ0v) is 13.8. The second kappa shape index (κ2) is 6.69. The molecule has 3 N–H and O–H groups in total. The molecule has 2 heterocycles. The van der Waals surface area contributed by atoms with Crippen molar-refractivity contribution in [2.45, 2.75) is 12.5 Å². The number of aromatic nitrogens is 1. The van der Waals surface area contributed by atoms with Crippen molar-refractivity contribution in [3.05, 3.63) is 34.0 Å². The first-order valence-corrected chi connectivity index (χ1v) is 7.96. The van der Waals surface area contributed by atoms with Crippen molar-refractivity contribution in [1.29, 1.82) is 0 Å². The molecular formula is C16H20N4O5. The molecule has 0 radical (unpaired) electrons. The van der Waals surface area contributed by atoms with Gasteiger partial charge in [-0.05, 0) is 11.6 Å². The first kappa shape index (κ1) is 17.2. The van der Waals surface area contributed by atoms with Crippen LogP contribution in [0.3, 0.4) is 0 Å². The van der Waals surface area contributed by atoms with Gasteiger partial charge in [0.05, 0.1) is 29.0 Å². The number of hydrogen-bond donors (Lipinski definition) is 2. The summed E-state index contributed by atoms with van der Waals surface area (Å²) in [4.78, 5) is 24.3. The third-order valence-electron chi connectivity index (χ3n) is 4.46. The molecular weight excluding hydrogens is 328 g/mol. The van der Waals surface area contributed by atoms with Crippen LogP contribution in [0.4, 0.5) is 11.4 Å². The normalized spacial score (nSPS) is 16.2. The Morgan fingerprint density at radius 2 is 2.12 bits per heavy atom. The second-order valence-corrected chi connectivity index (χ2v) is 6.13. The Morgan fingerprint density at radius 1 is 1.44 bits per heavy atom. The monoisotopic (exact) mass is 348 g/mol. The second-order valence-electron chi connectivity index (χ2n) is 6.13. The molecule has 1 saturated heterocycles. The molecule has 1 fully saturated rings. The average Bonchev–Trinajstić information content (AvgIpc) is 2.90. The number of nitrogens with two attached hydrogens (primary N) is 1. The van der Waals surface area contributed by atoms with E-state index in [-0.39, 0.29) is 12.1 Å². The van der Waals surface area contributed by atoms with E-state index < -0.39 is 16.9 Å². The number of fused-ring (bicyclic) bond motifs is 1. The first-order chi connectivity index (χ1) is 11.9. The van der Waals surface area contributed by atoms with Gasteiger partial charge in [0.2, 0.25) is 0 Å². The van der Waals surface area contributed by atoms with Gasteiger partial charge in [0, 0.05) is 44.5 Å². The zero-order valence-electron chi connectivity index (χ0n) is 13.8. The van der Waals surface area contributed by atoms with Crippen LogP contribution in [0.1, 0.15) is 5.56 Å². The van der Waals surface area contributed by atoms with E-state index in [0.29, 0.717) is 42.8 Å². The number of benzene rings is 1. The van der Waals surface area contributed by atoms with Gasteiger partial charge in [-0.2, -0.15) is 0 Å². The fourth-order valence-electron chi connectivity index (χ4n) is 3.20. The molecule has 3 rings (SSSR count). The molecule has 1 aromatic heterocycles. The van der Waals surface area contributed by atoms with E-state index in [9.17, 15) is 14.9 Å². The molecule has 25 heavy (non-hydrogen) atoms. The van der Waals surface area contributed by atoms with Gasteiger partial charge in [-0.1, -0.05) is 0 Å². The summed E-state index contributed by atoms with van der Waals surface area (Å²) < 4.78 is 7.10. The number of anilines is 1. The first-order valence-electron chi connectivity index (χ1n) is 7.96. The van der Waals surface area contributed by atoms with Crippen molar-refractivity contribution in [3.8, 4) is 0 Å². The van der Waals surface area contributed by atoms with Crippen molar-refractivity contribution >= 4 is 28.2 Å². The smallest absolute Gasteiger partial charge is 0.320 e. The number of hydrogen-bond acceptors (Lipinski definition) is 6. The maximum absolute atomic E-state index is 11.6. The predicted molar refractivity (Wildman–Crippen MR) is 91.9 cm³/mol. The molecule has 1 unspecified atom stereocenters. The summed E-state index contributed by atoms with van der Waals surface area (Å²) in [7, 11) is 1.78. The number of nitro groups is 1. The van der Waals surface area contributed by atoms with E-state index in [1.807, 2.05) is 11.0 Å². The highest BCUT2D eigenvalue weighted by atomic mass is 16.6. The molecule has 0 amide bonds. The maximum Gasteiger partial charge on any atom is 0.320 e. The number of aliphatic carboxylic acids is 1. The molecule has 1 atom stereocenters. The standard InChI is InChI=1S/C16H20N4O5/c1-18-9-10(6-12(17)16(21)22)15-13(18)7-11(8-14(15)20(23)24)19-2-4-25-5-3-19/h7-9,12H,2-6,17H2,1H3,(H,21,22). The lowest BCUT2D eigenvalue weighted by atomic mass is 10.0. The highest BCUT2D eigenvalue weighted by Gasteiger charge is 2.25. The number of non-ortho nitro benzene ring substituents is 1. The van der Waals surface area contributed by atoms with Crippen LogP contribution in [0.15, 0.2) is 18.3 Å². The van der Waals surface area contributed by atoms with Gasteiger partial charge in [-0.3, -0.25) is 14.9 Å². The van der Waals surface area contributed by atoms with Crippen LogP contribution < -0.4 is 10.6 Å². The van der Waals surface area contributed by atoms with E-state index in [1.54, 1.807) is 23.9 Å². The summed E-state index contributed by atoms with van der Waals surface area (Å²) >= 11 is 0. The van der Waals surface area contributed by atoms with Crippen LogP contribution in [0.2, 0.25) is 0 Å². The molecule has 0 bridgehead atoms. The highest BCUT2D eigenvalue weighted by Crippen LogP contribution is 2.35. The van der Waals surface area contributed by atoms with Crippen LogP contribution in [0.25, 0.3) is 10.9 Å². The van der Waals surface area contributed by atoms with E-state index in [0.717, 1.165) is 5.69 Å². The van der Waals surface area contributed by atoms with Gasteiger partial charge in [0.1, 0.15) is 6.04 Å². The molecule has 0 spiro atoms. The van der Waals surface area contributed by atoms with Gasteiger partial charge >= 0.3 is 5.97 Å². The van der Waals surface area contributed by atoms with Crippen LogP contribution in [0.5, 0.6) is 0 Å². The summed E-state index contributed by atoms with van der Waals surface area (Å²) in [6.45, 7) is 2.50. The molecule has 1 aliphatic rings. The molecule has 0 aliphatic carbocycles. The van der Waals surface area contributed by atoms with Gasteiger partial charge in [0.15, 0.2) is 0 Å². The van der Waals surface area contributed by atoms with Crippen molar-refractivity contribution in [3.63, 3.8) is 0 Å². The van der Waals surface area contributed by atoms with Gasteiger partial charge < -0.3 is 25.0 Å². The third kappa shape index (κ3) is 3.28. The summed E-state index contributed by atoms with van der Waals surface area (Å²) in [5, 5.41) is 21.1. The van der Waals surface area contributed by atoms with Crippen LogP contribution in [-0.4, -0.2) is 52.9 Å². The Morgan fingerprint density at radius 3 is 2.72 bits per heavy atom. The number of ether oxygens (including phenoxy) is 1. The predicted octanol–water partition coefficient (Wildman–Crippen LogP) is 0.878. The van der Waals surface area contributed by atoms with E-state index >= 15 is 0 Å². The third-order valence-corrected chi connectivity index (χ3v) is 4.46. The average molecular weight is 348 g/mol. The SMILES string of the molecule is Cn1cc(CC(N)C(=O)O)c2c([N+](=O)[O-])cc(N3CCOCC3)cc21. The molecule has 0 saturated carbocycles. The summed E-state index contributed by atoms with van der Waals surface area (Å²) in [6.07, 6.45) is 1.74. The minimum atomic E-state index is -1.13. The van der Waals surface area contributed by atoms with Gasteiger partial charge in [0.25, 0.3) is 5.69 Å². The Bertz CT molecular complexity index is 826. The van der Waals surface area contributed by atoms with E-state index in [1.165, 1.54) is 0 Å². The number of carbonyl (C=O) groups is 1. The lowest BCUT2D eigenvalue weighted by molar-refractivity contribution is -0.383. The van der Waals surface area contributed by atoms with Gasteiger partial charge in [-0.25, -0.2) is 0 Å². The number of carboxylic acids is 1. The Labute approximate surface area is 143 Å². The van der Waals surface area contributed by atoms with Crippen LogP contribution in [0, 0.1) is 10.1 Å². The van der Waals surface area contributed by atoms with Crippen molar-refractivity contribution < 1.29 is 19.6 Å². The molecule has 9 heteroatoms. The number of rotatable bonds is 5. The van der Waals surface area contributed by atoms with E-state index in [2.05, 4.69) is 0 Å². The van der Waals surface area contributed by atoms with Crippen LogP contribution in [-0.2, 0) is 23.0 Å². The zero-order chi connectivity index (χ0) is 18.1. The summed E-state index contributed by atoms with van der Waals surface area (Å²) in [6, 6.07) is 2.33. The quantitative estimate of drug-likeness (QED) is 0.607. The summed E-state index contributed by atoms with van der Waals surface area (Å²) in [5.74, 6) is -1.13. The lowest BCUT2D eigenvalue weighted by Crippen LogP contribution is -2.36. The van der Waals surface area contributed by atoms with E-state index in [4.69, 9.17) is 15.6 Å². The number of nitro benzene ring substituents is 1. The van der Waals surface area contributed by atoms with Crippen LogP contribution >= 0.6 is 0 Å². The highest BCUT2D eigenvalue weighted by molar-refractivity contribution is 5.96. The van der Waals surface area contributed by atoms with Crippen molar-refractivity contribution in [2.75, 3.05) is 31.2 Å².